The van der Waals surface area contributed by atoms with Gasteiger partial charge in [0.1, 0.15) is 0 Å². The first-order valence-electron chi connectivity index (χ1n) is 9.39. The van der Waals surface area contributed by atoms with E-state index < -0.39 is 0 Å². The Morgan fingerprint density at radius 1 is 1.12 bits per heavy atom. The van der Waals surface area contributed by atoms with Gasteiger partial charge in [-0.2, -0.15) is 0 Å². The molecule has 25 heavy (non-hydrogen) atoms. The van der Waals surface area contributed by atoms with E-state index in [1.165, 1.54) is 24.9 Å². The molecule has 0 radical (unpaired) electrons. The molecule has 6 nitrogen and oxygen atoms in total. The molecule has 0 spiro atoms. The van der Waals surface area contributed by atoms with Gasteiger partial charge in [0.05, 0.1) is 19.0 Å². The summed E-state index contributed by atoms with van der Waals surface area (Å²) in [5.41, 5.74) is 7.46. The number of amides is 2. The third kappa shape index (κ3) is 4.95. The molecular weight excluding hydrogens is 316 g/mol. The summed E-state index contributed by atoms with van der Waals surface area (Å²) < 4.78 is 0. The number of nitrogens with zero attached hydrogens (tertiary/aromatic N) is 1. The molecule has 1 unspecified atom stereocenters. The first-order valence-corrected chi connectivity index (χ1v) is 9.39. The van der Waals surface area contributed by atoms with Gasteiger partial charge in [0, 0.05) is 24.5 Å². The number of nitrogens with two attached hydrogens (primary N) is 1. The molecule has 2 saturated heterocycles. The molecule has 2 fully saturated rings. The maximum absolute atomic E-state index is 12.3. The summed E-state index contributed by atoms with van der Waals surface area (Å²) in [6.45, 7) is 4.20. The molecule has 0 saturated carbocycles. The normalized spacial score (nSPS) is 23.9. The molecular formula is C19H29N4O2+. The van der Waals surface area contributed by atoms with Crippen molar-refractivity contribution < 1.29 is 14.5 Å². The molecule has 0 aromatic heterocycles. The van der Waals surface area contributed by atoms with E-state index in [4.69, 9.17) is 5.73 Å². The number of carbonyl (C=O) groups is 2. The van der Waals surface area contributed by atoms with Crippen molar-refractivity contribution in [1.82, 2.24) is 0 Å². The van der Waals surface area contributed by atoms with Crippen LogP contribution in [0.3, 0.4) is 0 Å². The van der Waals surface area contributed by atoms with Crippen molar-refractivity contribution in [2.24, 2.45) is 11.7 Å². The summed E-state index contributed by atoms with van der Waals surface area (Å²) in [6, 6.07) is 8.11. The predicted molar refractivity (Wildman–Crippen MR) is 98.6 cm³/mol. The molecule has 1 aromatic rings. The third-order valence-electron chi connectivity index (χ3n) is 5.30. The molecule has 136 valence electrons. The van der Waals surface area contributed by atoms with Crippen LogP contribution in [0, 0.1) is 5.92 Å². The molecule has 2 atom stereocenters. The molecule has 2 aliphatic heterocycles. The number of benzene rings is 1. The summed E-state index contributed by atoms with van der Waals surface area (Å²) in [4.78, 5) is 27.2. The fraction of sp³-hybridized carbons (Fsp3) is 0.579. The van der Waals surface area contributed by atoms with Gasteiger partial charge in [0.15, 0.2) is 6.54 Å². The van der Waals surface area contributed by atoms with E-state index in [0.717, 1.165) is 43.1 Å². The largest absolute Gasteiger partial charge is 0.372 e. The highest BCUT2D eigenvalue weighted by Crippen LogP contribution is 2.21. The van der Waals surface area contributed by atoms with E-state index in [1.54, 1.807) is 0 Å². The van der Waals surface area contributed by atoms with Crippen LogP contribution in [-0.4, -0.2) is 44.5 Å². The maximum atomic E-state index is 12.3. The first kappa shape index (κ1) is 17.7. The molecule has 2 aliphatic rings. The van der Waals surface area contributed by atoms with Crippen molar-refractivity contribution in [2.75, 3.05) is 42.9 Å². The number of piperidine rings is 2. The number of nitrogens with one attached hydrogen (secondary N) is 2. The van der Waals surface area contributed by atoms with E-state index in [0.29, 0.717) is 13.1 Å². The minimum atomic E-state index is -0.245. The van der Waals surface area contributed by atoms with Crippen LogP contribution in [-0.2, 0) is 9.59 Å². The van der Waals surface area contributed by atoms with Gasteiger partial charge in [-0.25, -0.2) is 0 Å². The van der Waals surface area contributed by atoms with Gasteiger partial charge in [-0.1, -0.05) is 0 Å². The lowest BCUT2D eigenvalue weighted by Crippen LogP contribution is -3.14. The monoisotopic (exact) mass is 345 g/mol. The van der Waals surface area contributed by atoms with Gasteiger partial charge in [0.2, 0.25) is 5.91 Å². The van der Waals surface area contributed by atoms with Crippen LogP contribution in [0.5, 0.6) is 0 Å². The fourth-order valence-electron chi connectivity index (χ4n) is 3.89. The highest BCUT2D eigenvalue weighted by Gasteiger charge is 2.28. The minimum Gasteiger partial charge on any atom is -0.372 e. The van der Waals surface area contributed by atoms with Gasteiger partial charge in [-0.3, -0.25) is 9.59 Å². The molecule has 1 aromatic carbocycles. The molecule has 3 rings (SSSR count). The summed E-state index contributed by atoms with van der Waals surface area (Å²) >= 11 is 0. The number of hydrogen-bond donors (Lipinski definition) is 3. The molecule has 0 bridgehead atoms. The van der Waals surface area contributed by atoms with E-state index in [1.807, 2.05) is 12.1 Å². The number of carbonyl (C=O) groups excluding carboxylic acids is 2. The van der Waals surface area contributed by atoms with Gasteiger partial charge in [0.25, 0.3) is 5.91 Å². The minimum absolute atomic E-state index is 0.00848. The highest BCUT2D eigenvalue weighted by atomic mass is 16.2. The van der Waals surface area contributed by atoms with Crippen molar-refractivity contribution in [3.8, 4) is 0 Å². The van der Waals surface area contributed by atoms with E-state index in [2.05, 4.69) is 22.3 Å². The molecule has 4 N–H and O–H groups in total. The second kappa shape index (κ2) is 8.34. The average molecular weight is 345 g/mol. The van der Waals surface area contributed by atoms with Gasteiger partial charge in [-0.15, -0.1) is 0 Å². The van der Waals surface area contributed by atoms with Crippen LogP contribution in [0.4, 0.5) is 11.4 Å². The Balaban J connectivity index is 1.50. The van der Waals surface area contributed by atoms with Crippen LogP contribution in [0.2, 0.25) is 0 Å². The van der Waals surface area contributed by atoms with Crippen LogP contribution < -0.4 is 20.9 Å². The number of primary amides is 1. The van der Waals surface area contributed by atoms with Crippen molar-refractivity contribution in [2.45, 2.75) is 32.1 Å². The number of quaternary nitrogens is 1. The summed E-state index contributed by atoms with van der Waals surface area (Å²) in [7, 11) is 0. The quantitative estimate of drug-likeness (QED) is 0.722. The number of likely N-dealkylation sites (tertiary alicyclic amines) is 1. The van der Waals surface area contributed by atoms with E-state index in [9.17, 15) is 9.59 Å². The van der Waals surface area contributed by atoms with Crippen molar-refractivity contribution in [3.63, 3.8) is 0 Å². The molecule has 0 aliphatic carbocycles. The zero-order chi connectivity index (χ0) is 17.6. The van der Waals surface area contributed by atoms with Gasteiger partial charge in [-0.05, 0) is 56.4 Å². The Morgan fingerprint density at radius 3 is 2.52 bits per heavy atom. The topological polar surface area (TPSA) is 79.9 Å². The second-order valence-electron chi connectivity index (χ2n) is 7.27. The Bertz CT molecular complexity index is 596. The Labute approximate surface area is 149 Å². The Hall–Kier alpha value is -2.08. The SMILES string of the molecule is NC(=O)[C@@H]1CCC[NH+](CC(=O)Nc2ccc(N3CCCCC3)cc2)C1. The average Bonchev–Trinajstić information content (AvgIpc) is 2.63. The Kier molecular flexibility index (Phi) is 5.91. The van der Waals surface area contributed by atoms with Gasteiger partial charge < -0.3 is 20.9 Å². The lowest BCUT2D eigenvalue weighted by atomic mass is 9.97. The number of rotatable bonds is 5. The fourth-order valence-corrected chi connectivity index (χ4v) is 3.89. The Morgan fingerprint density at radius 2 is 1.84 bits per heavy atom. The van der Waals surface area contributed by atoms with Crippen molar-refractivity contribution in [1.29, 1.82) is 0 Å². The molecule has 2 heterocycles. The standard InChI is InChI=1S/C19H28N4O2/c20-19(25)15-5-4-10-22(13-15)14-18(24)21-16-6-8-17(9-7-16)23-11-2-1-3-12-23/h6-9,15H,1-5,10-14H2,(H2,20,25)(H,21,24)/p+1/t15-/m1/s1. The summed E-state index contributed by atoms with van der Waals surface area (Å²) in [5.74, 6) is -0.350. The van der Waals surface area contributed by atoms with Crippen LogP contribution >= 0.6 is 0 Å². The number of anilines is 2. The predicted octanol–water partition coefficient (Wildman–Crippen LogP) is 0.396. The second-order valence-corrected chi connectivity index (χ2v) is 7.27. The lowest BCUT2D eigenvalue weighted by Gasteiger charge is -2.29. The molecule has 6 heteroatoms. The zero-order valence-electron chi connectivity index (χ0n) is 14.8. The summed E-state index contributed by atoms with van der Waals surface area (Å²) in [5, 5.41) is 2.97. The van der Waals surface area contributed by atoms with Crippen molar-refractivity contribution in [3.05, 3.63) is 24.3 Å². The van der Waals surface area contributed by atoms with Crippen LogP contribution in [0.1, 0.15) is 32.1 Å². The smallest absolute Gasteiger partial charge is 0.279 e. The van der Waals surface area contributed by atoms with E-state index in [-0.39, 0.29) is 17.7 Å². The highest BCUT2D eigenvalue weighted by molar-refractivity contribution is 5.91. The zero-order valence-corrected chi connectivity index (χ0v) is 14.8. The van der Waals surface area contributed by atoms with Crippen LogP contribution in [0.25, 0.3) is 0 Å². The first-order chi connectivity index (χ1) is 12.1. The van der Waals surface area contributed by atoms with Crippen LogP contribution in [0.15, 0.2) is 24.3 Å². The van der Waals surface area contributed by atoms with Crippen molar-refractivity contribution >= 4 is 23.2 Å². The van der Waals surface area contributed by atoms with Gasteiger partial charge >= 0.3 is 0 Å². The lowest BCUT2D eigenvalue weighted by molar-refractivity contribution is -0.899. The third-order valence-corrected chi connectivity index (χ3v) is 5.30. The van der Waals surface area contributed by atoms with E-state index >= 15 is 0 Å². The summed E-state index contributed by atoms with van der Waals surface area (Å²) in [6.07, 6.45) is 5.62. The number of hydrogen-bond acceptors (Lipinski definition) is 3. The molecule has 2 amide bonds. The maximum Gasteiger partial charge on any atom is 0.279 e.